The number of carbonyl (C=O) groups excluding carboxylic acids is 2. The van der Waals surface area contributed by atoms with Gasteiger partial charge in [0, 0.05) is 56.8 Å². The summed E-state index contributed by atoms with van der Waals surface area (Å²) in [5, 5.41) is 10.4. The van der Waals surface area contributed by atoms with E-state index < -0.39 is 0 Å². The average molecular weight is 506 g/mol. The number of para-hydroxylation sites is 2. The van der Waals surface area contributed by atoms with Gasteiger partial charge in [0.25, 0.3) is 0 Å². The fraction of sp³-hybridized carbons (Fsp3) is 0.467. The van der Waals surface area contributed by atoms with Gasteiger partial charge in [-0.25, -0.2) is 0 Å². The molecule has 0 radical (unpaired) electrons. The van der Waals surface area contributed by atoms with Crippen LogP contribution in [0.4, 0.5) is 0 Å². The van der Waals surface area contributed by atoms with Gasteiger partial charge in [0.05, 0.1) is 6.54 Å². The van der Waals surface area contributed by atoms with Gasteiger partial charge in [-0.1, -0.05) is 48.6 Å². The Hall–Kier alpha value is -3.32. The molecule has 2 aliphatic rings. The summed E-state index contributed by atoms with van der Waals surface area (Å²) in [5.41, 5.74) is 1.78. The third-order valence-electron chi connectivity index (χ3n) is 7.54. The summed E-state index contributed by atoms with van der Waals surface area (Å²) in [7, 11) is 0. The van der Waals surface area contributed by atoms with Gasteiger partial charge in [-0.15, -0.1) is 0 Å². The fourth-order valence-corrected chi connectivity index (χ4v) is 5.39. The third-order valence-corrected chi connectivity index (χ3v) is 7.54. The van der Waals surface area contributed by atoms with Crippen LogP contribution in [-0.4, -0.2) is 71.0 Å². The molecule has 0 aromatic heterocycles. The first-order valence-electron chi connectivity index (χ1n) is 13.4. The second kappa shape index (κ2) is 12.8. The largest absolute Gasteiger partial charge is 0.508 e. The van der Waals surface area contributed by atoms with Crippen molar-refractivity contribution in [3.63, 3.8) is 0 Å². The van der Waals surface area contributed by atoms with E-state index in [9.17, 15) is 14.7 Å². The van der Waals surface area contributed by atoms with Gasteiger partial charge in [-0.2, -0.15) is 0 Å². The lowest BCUT2D eigenvalue weighted by Gasteiger charge is -2.38. The predicted molar refractivity (Wildman–Crippen MR) is 144 cm³/mol. The van der Waals surface area contributed by atoms with Gasteiger partial charge in [0.2, 0.25) is 11.8 Å². The second-order valence-corrected chi connectivity index (χ2v) is 9.94. The van der Waals surface area contributed by atoms with Crippen LogP contribution in [0.3, 0.4) is 0 Å². The summed E-state index contributed by atoms with van der Waals surface area (Å²) in [4.78, 5) is 32.3. The molecular formula is C30H39N3O4. The van der Waals surface area contributed by atoms with Gasteiger partial charge >= 0.3 is 0 Å². The molecule has 0 saturated carbocycles. The molecule has 2 amide bonds. The minimum absolute atomic E-state index is 0.0694. The number of nitrogens with zero attached hydrogens (tertiary/aromatic N) is 3. The van der Waals surface area contributed by atoms with E-state index in [0.717, 1.165) is 23.3 Å². The number of amides is 2. The molecule has 2 aromatic carbocycles. The molecule has 7 heteroatoms. The van der Waals surface area contributed by atoms with E-state index in [4.69, 9.17) is 4.74 Å². The smallest absolute Gasteiger partial charge is 0.236 e. The number of hydrogen-bond acceptors (Lipinski definition) is 5. The number of aromatic hydroxyl groups is 1. The molecule has 1 N–H and O–H groups in total. The summed E-state index contributed by atoms with van der Waals surface area (Å²) in [6.07, 6.45) is 5.47. The summed E-state index contributed by atoms with van der Waals surface area (Å²) in [6, 6.07) is 15.2. The van der Waals surface area contributed by atoms with E-state index >= 15 is 0 Å². The number of fused-ring (bicyclic) bond motifs is 3. The number of benzene rings is 2. The first kappa shape index (κ1) is 26.7. The lowest BCUT2D eigenvalue weighted by molar-refractivity contribution is -0.136. The maximum absolute atomic E-state index is 13.5. The van der Waals surface area contributed by atoms with Crippen LogP contribution in [0.2, 0.25) is 0 Å². The molecule has 0 unspecified atom stereocenters. The fourth-order valence-electron chi connectivity index (χ4n) is 5.39. The summed E-state index contributed by atoms with van der Waals surface area (Å²) in [5.74, 6) is 1.57. The topological polar surface area (TPSA) is 73.3 Å². The summed E-state index contributed by atoms with van der Waals surface area (Å²) < 4.78 is 6.14. The molecule has 4 rings (SSSR count). The lowest BCUT2D eigenvalue weighted by atomic mass is 9.82. The Kier molecular flexibility index (Phi) is 9.23. The molecule has 2 aliphatic heterocycles. The van der Waals surface area contributed by atoms with Crippen molar-refractivity contribution in [2.24, 2.45) is 11.8 Å². The van der Waals surface area contributed by atoms with Gasteiger partial charge in [0.15, 0.2) is 0 Å². The quantitative estimate of drug-likeness (QED) is 0.600. The molecule has 2 atom stereocenters. The number of hydrogen-bond donors (Lipinski definition) is 1. The highest BCUT2D eigenvalue weighted by Crippen LogP contribution is 2.30. The highest BCUT2D eigenvalue weighted by molar-refractivity contribution is 5.79. The van der Waals surface area contributed by atoms with Gasteiger partial charge in [0.1, 0.15) is 18.1 Å². The molecular weight excluding hydrogens is 466 g/mol. The van der Waals surface area contributed by atoms with E-state index in [1.54, 1.807) is 12.1 Å². The van der Waals surface area contributed by atoms with Gasteiger partial charge in [-0.05, 0) is 44.2 Å². The normalized spacial score (nSPS) is 21.6. The van der Waals surface area contributed by atoms with Crippen LogP contribution >= 0.6 is 0 Å². The Balaban J connectivity index is 1.57. The van der Waals surface area contributed by atoms with E-state index in [0.29, 0.717) is 52.3 Å². The average Bonchev–Trinajstić information content (AvgIpc) is 2.90. The first-order chi connectivity index (χ1) is 18.0. The SMILES string of the molecule is CCN(CC)C(=O)C[C@@H]1CCN2C[C@@H]1/C=C\COc1ccccc1CN(Cc1ccccc1O)CC2=O. The van der Waals surface area contributed by atoms with Crippen molar-refractivity contribution in [2.45, 2.75) is 39.8 Å². The van der Waals surface area contributed by atoms with Crippen LogP contribution in [0.1, 0.15) is 37.8 Å². The molecule has 0 spiro atoms. The number of piperidine rings is 1. The molecule has 2 aromatic rings. The summed E-state index contributed by atoms with van der Waals surface area (Å²) in [6.45, 7) is 8.34. The third kappa shape index (κ3) is 6.92. The Morgan fingerprint density at radius 1 is 1.08 bits per heavy atom. The van der Waals surface area contributed by atoms with Crippen LogP contribution < -0.4 is 4.74 Å². The van der Waals surface area contributed by atoms with E-state index in [1.165, 1.54) is 0 Å². The van der Waals surface area contributed by atoms with Crippen LogP contribution in [0.25, 0.3) is 0 Å². The van der Waals surface area contributed by atoms with Crippen molar-refractivity contribution in [3.05, 3.63) is 71.8 Å². The highest BCUT2D eigenvalue weighted by Gasteiger charge is 2.33. The Bertz CT molecular complexity index is 1100. The van der Waals surface area contributed by atoms with E-state index in [2.05, 4.69) is 11.0 Å². The van der Waals surface area contributed by atoms with Crippen LogP contribution in [-0.2, 0) is 22.7 Å². The number of phenols is 1. The van der Waals surface area contributed by atoms with Crippen molar-refractivity contribution >= 4 is 11.8 Å². The monoisotopic (exact) mass is 505 g/mol. The maximum atomic E-state index is 13.5. The molecule has 2 bridgehead atoms. The van der Waals surface area contributed by atoms with Crippen LogP contribution in [0.15, 0.2) is 60.7 Å². The zero-order valence-corrected chi connectivity index (χ0v) is 22.0. The first-order valence-corrected chi connectivity index (χ1v) is 13.4. The molecule has 1 saturated heterocycles. The standard InChI is InChI=1S/C30H39N3O4/c1-3-32(4-2)29(35)18-23-15-16-33-21-24(23)12-9-17-37-28-14-8-6-11-26(28)20-31(22-30(33)36)19-25-10-5-7-13-27(25)34/h5-14,23-24,34H,3-4,15-22H2,1-2H3/b12-9-/t23-,24-/m0/s1. The van der Waals surface area contributed by atoms with Crippen molar-refractivity contribution in [1.82, 2.24) is 14.7 Å². The van der Waals surface area contributed by atoms with Crippen molar-refractivity contribution in [1.29, 1.82) is 0 Å². The highest BCUT2D eigenvalue weighted by atomic mass is 16.5. The predicted octanol–water partition coefficient (Wildman–Crippen LogP) is 4.07. The second-order valence-electron chi connectivity index (χ2n) is 9.94. The van der Waals surface area contributed by atoms with Crippen LogP contribution in [0.5, 0.6) is 11.5 Å². The number of ether oxygens (including phenoxy) is 1. The Morgan fingerprint density at radius 2 is 1.84 bits per heavy atom. The minimum atomic E-state index is 0.0694. The number of carbonyl (C=O) groups is 2. The van der Waals surface area contributed by atoms with E-state index in [-0.39, 0.29) is 35.9 Å². The molecule has 2 heterocycles. The van der Waals surface area contributed by atoms with Gasteiger partial charge in [-0.3, -0.25) is 14.5 Å². The van der Waals surface area contributed by atoms with Crippen molar-refractivity contribution in [2.75, 3.05) is 39.3 Å². The molecule has 198 valence electrons. The Labute approximate surface area is 220 Å². The zero-order valence-electron chi connectivity index (χ0n) is 22.0. The number of phenolic OH excluding ortho intramolecular Hbond substituents is 1. The van der Waals surface area contributed by atoms with Crippen molar-refractivity contribution in [3.8, 4) is 11.5 Å². The lowest BCUT2D eigenvalue weighted by Crippen LogP contribution is -2.48. The van der Waals surface area contributed by atoms with Crippen molar-refractivity contribution < 1.29 is 19.4 Å². The number of rotatable bonds is 6. The Morgan fingerprint density at radius 3 is 2.62 bits per heavy atom. The van der Waals surface area contributed by atoms with Crippen LogP contribution in [0, 0.1) is 11.8 Å². The molecule has 0 aliphatic carbocycles. The van der Waals surface area contributed by atoms with E-state index in [1.807, 2.05) is 66.1 Å². The molecule has 37 heavy (non-hydrogen) atoms. The zero-order chi connectivity index (χ0) is 26.2. The van der Waals surface area contributed by atoms with Gasteiger partial charge < -0.3 is 19.6 Å². The molecule has 7 nitrogen and oxygen atoms in total. The molecule has 1 fully saturated rings. The summed E-state index contributed by atoms with van der Waals surface area (Å²) >= 11 is 0. The minimum Gasteiger partial charge on any atom is -0.508 e. The maximum Gasteiger partial charge on any atom is 0.236 e.